The van der Waals surface area contributed by atoms with Crippen molar-refractivity contribution in [2.75, 3.05) is 13.9 Å². The SMILES string of the molecule is COc1ccc([C@@H]2C(C(=O)OC(C)C)=C(C)N=c3sc(=Cc4cc5c(cc4C)OCO5)c(=O)n32)cc1. The van der Waals surface area contributed by atoms with Crippen LogP contribution in [0.25, 0.3) is 6.08 Å². The highest BCUT2D eigenvalue weighted by Gasteiger charge is 2.33. The summed E-state index contributed by atoms with van der Waals surface area (Å²) >= 11 is 1.28. The number of allylic oxidation sites excluding steroid dienone is 1. The van der Waals surface area contributed by atoms with Crippen molar-refractivity contribution in [3.05, 3.63) is 84.0 Å². The van der Waals surface area contributed by atoms with Crippen LogP contribution < -0.4 is 29.1 Å². The maximum atomic E-state index is 13.8. The Kier molecular flexibility index (Phi) is 6.17. The second-order valence-electron chi connectivity index (χ2n) is 8.87. The van der Waals surface area contributed by atoms with E-state index in [0.29, 0.717) is 37.9 Å². The van der Waals surface area contributed by atoms with Crippen LogP contribution in [0.3, 0.4) is 0 Å². The van der Waals surface area contributed by atoms with Gasteiger partial charge in [0.1, 0.15) is 5.75 Å². The standard InChI is InChI=1S/C27H26N2O6S/c1-14(2)35-26(31)23-16(4)28-27-29(24(23)17-6-8-19(32-5)9-7-17)25(30)22(36-27)12-18-11-21-20(10-15(18)3)33-13-34-21/h6-12,14,24H,13H2,1-5H3/t24-/m1/s1. The number of nitrogens with zero attached hydrogens (tertiary/aromatic N) is 2. The van der Waals surface area contributed by atoms with Crippen molar-refractivity contribution in [1.82, 2.24) is 4.57 Å². The van der Waals surface area contributed by atoms with E-state index in [1.165, 1.54) is 11.3 Å². The van der Waals surface area contributed by atoms with Crippen LogP contribution in [-0.4, -0.2) is 30.5 Å². The number of fused-ring (bicyclic) bond motifs is 2. The van der Waals surface area contributed by atoms with E-state index in [9.17, 15) is 9.59 Å². The second-order valence-corrected chi connectivity index (χ2v) is 9.88. The molecule has 2 aliphatic rings. The fourth-order valence-electron chi connectivity index (χ4n) is 4.32. The van der Waals surface area contributed by atoms with Crippen molar-refractivity contribution < 1.29 is 23.7 Å². The number of carbonyl (C=O) groups excluding carboxylic acids is 1. The lowest BCUT2D eigenvalue weighted by atomic mass is 9.96. The minimum atomic E-state index is -0.682. The number of ether oxygens (including phenoxy) is 4. The molecule has 0 radical (unpaired) electrons. The topological polar surface area (TPSA) is 88.4 Å². The third kappa shape index (κ3) is 4.19. The fraction of sp³-hybridized carbons (Fsp3) is 0.296. The van der Waals surface area contributed by atoms with Gasteiger partial charge in [-0.15, -0.1) is 0 Å². The number of thiazole rings is 1. The van der Waals surface area contributed by atoms with Gasteiger partial charge in [-0.05, 0) is 74.7 Å². The Morgan fingerprint density at radius 2 is 1.86 bits per heavy atom. The number of benzene rings is 2. The number of methoxy groups -OCH3 is 1. The van der Waals surface area contributed by atoms with Crippen molar-refractivity contribution >= 4 is 23.4 Å². The molecule has 0 spiro atoms. The van der Waals surface area contributed by atoms with Crippen LogP contribution in [0.2, 0.25) is 0 Å². The predicted octanol–water partition coefficient (Wildman–Crippen LogP) is 3.23. The highest BCUT2D eigenvalue weighted by atomic mass is 32.1. The van der Waals surface area contributed by atoms with Crippen molar-refractivity contribution in [3.63, 3.8) is 0 Å². The number of esters is 1. The fourth-order valence-corrected chi connectivity index (χ4v) is 5.36. The first-order valence-electron chi connectivity index (χ1n) is 11.5. The summed E-state index contributed by atoms with van der Waals surface area (Å²) in [7, 11) is 1.59. The van der Waals surface area contributed by atoms with E-state index in [-0.39, 0.29) is 18.5 Å². The molecule has 3 heterocycles. The summed E-state index contributed by atoms with van der Waals surface area (Å²) < 4.78 is 23.9. The maximum Gasteiger partial charge on any atom is 0.338 e. The van der Waals surface area contributed by atoms with Crippen LogP contribution in [0.15, 0.2) is 57.5 Å². The van der Waals surface area contributed by atoms with E-state index in [1.54, 1.807) is 32.4 Å². The Labute approximate surface area is 211 Å². The van der Waals surface area contributed by atoms with Crippen molar-refractivity contribution in [2.24, 2.45) is 4.99 Å². The molecule has 0 amide bonds. The van der Waals surface area contributed by atoms with Gasteiger partial charge in [-0.3, -0.25) is 9.36 Å². The summed E-state index contributed by atoms with van der Waals surface area (Å²) in [6, 6.07) is 10.4. The van der Waals surface area contributed by atoms with E-state index in [4.69, 9.17) is 18.9 Å². The van der Waals surface area contributed by atoms with E-state index in [1.807, 2.05) is 49.4 Å². The van der Waals surface area contributed by atoms with Gasteiger partial charge in [0.2, 0.25) is 6.79 Å². The van der Waals surface area contributed by atoms with Crippen LogP contribution >= 0.6 is 11.3 Å². The molecule has 0 saturated carbocycles. The molecule has 5 rings (SSSR count). The Morgan fingerprint density at radius 3 is 2.53 bits per heavy atom. The largest absolute Gasteiger partial charge is 0.497 e. The van der Waals surface area contributed by atoms with E-state index < -0.39 is 12.0 Å². The molecule has 1 atom stereocenters. The van der Waals surface area contributed by atoms with E-state index >= 15 is 0 Å². The van der Waals surface area contributed by atoms with Crippen molar-refractivity contribution in [1.29, 1.82) is 0 Å². The lowest BCUT2D eigenvalue weighted by Gasteiger charge is -2.25. The molecule has 36 heavy (non-hydrogen) atoms. The van der Waals surface area contributed by atoms with E-state index in [0.717, 1.165) is 16.7 Å². The molecular weight excluding hydrogens is 480 g/mol. The lowest BCUT2D eigenvalue weighted by Crippen LogP contribution is -2.40. The summed E-state index contributed by atoms with van der Waals surface area (Å²) in [5.74, 6) is 1.52. The van der Waals surface area contributed by atoms with Crippen LogP contribution in [-0.2, 0) is 9.53 Å². The van der Waals surface area contributed by atoms with Gasteiger partial charge in [-0.2, -0.15) is 0 Å². The summed E-state index contributed by atoms with van der Waals surface area (Å²) in [5.41, 5.74) is 3.18. The average molecular weight is 507 g/mol. The molecule has 9 heteroatoms. The minimum Gasteiger partial charge on any atom is -0.497 e. The molecule has 1 aromatic heterocycles. The molecule has 0 saturated heterocycles. The molecular formula is C27H26N2O6S. The number of carbonyl (C=O) groups is 1. The van der Waals surface area contributed by atoms with Gasteiger partial charge in [-0.1, -0.05) is 23.5 Å². The van der Waals surface area contributed by atoms with Crippen LogP contribution in [0.1, 0.15) is 43.5 Å². The summed E-state index contributed by atoms with van der Waals surface area (Å²) in [5, 5.41) is 0. The maximum absolute atomic E-state index is 13.8. The van der Waals surface area contributed by atoms with Gasteiger partial charge >= 0.3 is 5.97 Å². The molecule has 3 aromatic rings. The molecule has 0 aliphatic carbocycles. The number of aromatic nitrogens is 1. The van der Waals surface area contributed by atoms with Gasteiger partial charge in [0.15, 0.2) is 16.3 Å². The molecule has 0 N–H and O–H groups in total. The molecule has 186 valence electrons. The average Bonchev–Trinajstić information content (AvgIpc) is 3.41. The normalized spacial score (nSPS) is 16.7. The Hall–Kier alpha value is -3.85. The number of hydrogen-bond acceptors (Lipinski definition) is 8. The number of hydrogen-bond donors (Lipinski definition) is 0. The molecule has 0 unspecified atom stereocenters. The third-order valence-electron chi connectivity index (χ3n) is 6.06. The van der Waals surface area contributed by atoms with Gasteiger partial charge in [0.05, 0.1) is 35.1 Å². The monoisotopic (exact) mass is 506 g/mol. The van der Waals surface area contributed by atoms with Gasteiger partial charge in [-0.25, -0.2) is 9.79 Å². The predicted molar refractivity (Wildman–Crippen MR) is 135 cm³/mol. The van der Waals surface area contributed by atoms with Crippen molar-refractivity contribution in [3.8, 4) is 17.2 Å². The van der Waals surface area contributed by atoms with Crippen LogP contribution in [0, 0.1) is 6.92 Å². The first-order valence-corrected chi connectivity index (χ1v) is 12.4. The molecule has 0 fully saturated rings. The summed E-state index contributed by atoms with van der Waals surface area (Å²) in [4.78, 5) is 32.1. The van der Waals surface area contributed by atoms with Crippen molar-refractivity contribution in [2.45, 2.75) is 39.8 Å². The Bertz CT molecular complexity index is 1560. The third-order valence-corrected chi connectivity index (χ3v) is 7.05. The lowest BCUT2D eigenvalue weighted by molar-refractivity contribution is -0.143. The Balaban J connectivity index is 1.69. The smallest absolute Gasteiger partial charge is 0.338 e. The molecule has 2 aliphatic heterocycles. The molecule has 0 bridgehead atoms. The molecule has 8 nitrogen and oxygen atoms in total. The highest BCUT2D eigenvalue weighted by Crippen LogP contribution is 2.35. The minimum absolute atomic E-state index is 0.177. The second kappa shape index (κ2) is 9.31. The zero-order valence-electron chi connectivity index (χ0n) is 20.7. The van der Waals surface area contributed by atoms with E-state index in [2.05, 4.69) is 4.99 Å². The van der Waals surface area contributed by atoms with Crippen LogP contribution in [0.4, 0.5) is 0 Å². The van der Waals surface area contributed by atoms with Gasteiger partial charge in [0, 0.05) is 0 Å². The van der Waals surface area contributed by atoms with Gasteiger partial charge in [0.25, 0.3) is 5.56 Å². The number of aryl methyl sites for hydroxylation is 1. The van der Waals surface area contributed by atoms with Crippen LogP contribution in [0.5, 0.6) is 17.2 Å². The first kappa shape index (κ1) is 23.9. The highest BCUT2D eigenvalue weighted by molar-refractivity contribution is 7.07. The zero-order valence-corrected chi connectivity index (χ0v) is 21.5. The molecule has 2 aromatic carbocycles. The summed E-state index contributed by atoms with van der Waals surface area (Å²) in [6.07, 6.45) is 1.52. The summed E-state index contributed by atoms with van der Waals surface area (Å²) in [6.45, 7) is 7.48. The first-order chi connectivity index (χ1) is 17.3. The number of rotatable bonds is 5. The Morgan fingerprint density at radius 1 is 1.17 bits per heavy atom. The zero-order chi connectivity index (χ0) is 25.6. The van der Waals surface area contributed by atoms with Gasteiger partial charge < -0.3 is 18.9 Å². The quantitative estimate of drug-likeness (QED) is 0.494.